The number of oxime groups is 2. The quantitative estimate of drug-likeness (QED) is 0.152. The summed E-state index contributed by atoms with van der Waals surface area (Å²) in [6, 6.07) is 63.0. The number of rotatable bonds is 0. The molecule has 8 aromatic carbocycles. The molecule has 83 heavy (non-hydrogen) atoms. The number of fused-ring (bicyclic) bond motifs is 7. The molecule has 2 aliphatic heterocycles. The minimum Gasteiger partial charge on any atom is -0.389 e. The number of aryl methyl sites for hydroxylation is 10. The number of pyridine rings is 3. The zero-order valence-corrected chi connectivity index (χ0v) is 48.7. The first kappa shape index (κ1) is 59.3. The highest BCUT2D eigenvalue weighted by Crippen LogP contribution is 2.23. The van der Waals surface area contributed by atoms with Gasteiger partial charge in [-0.25, -0.2) is 14.4 Å². The highest BCUT2D eigenvalue weighted by atomic mass is 19.1. The summed E-state index contributed by atoms with van der Waals surface area (Å²) < 4.78 is 13.0. The van der Waals surface area contributed by atoms with Crippen molar-refractivity contribution in [3.05, 3.63) is 278 Å². The zero-order chi connectivity index (χ0) is 58.8. The van der Waals surface area contributed by atoms with E-state index in [9.17, 15) is 4.39 Å². The lowest BCUT2D eigenvalue weighted by Gasteiger charge is -2.14. The molecule has 10 nitrogen and oxygen atoms in total. The van der Waals surface area contributed by atoms with Gasteiger partial charge in [0, 0.05) is 50.9 Å². The summed E-state index contributed by atoms with van der Waals surface area (Å²) in [7, 11) is 0. The van der Waals surface area contributed by atoms with Crippen LogP contribution in [0.4, 0.5) is 4.39 Å². The third-order valence-corrected chi connectivity index (χ3v) is 14.2. The average molecular weight is 1100 g/mol. The third-order valence-electron chi connectivity index (χ3n) is 14.2. The van der Waals surface area contributed by atoms with Crippen LogP contribution in [0.2, 0.25) is 0 Å². The second-order valence-electron chi connectivity index (χ2n) is 21.0. The number of halogens is 1. The van der Waals surface area contributed by atoms with Crippen molar-refractivity contribution in [2.75, 3.05) is 0 Å². The Morgan fingerprint density at radius 2 is 0.940 bits per heavy atom. The van der Waals surface area contributed by atoms with Gasteiger partial charge in [0.05, 0.1) is 11.6 Å². The van der Waals surface area contributed by atoms with Gasteiger partial charge in [-0.15, -0.1) is 0 Å². The van der Waals surface area contributed by atoms with Crippen LogP contribution in [0.25, 0.3) is 43.4 Å². The smallest absolute Gasteiger partial charge is 0.170 e. The first-order valence-corrected chi connectivity index (χ1v) is 27.9. The number of nitrogens with zero attached hydrogens (tertiary/aromatic N) is 6. The van der Waals surface area contributed by atoms with Crippen molar-refractivity contribution in [1.29, 1.82) is 5.26 Å². The van der Waals surface area contributed by atoms with Crippen molar-refractivity contribution in [3.8, 4) is 6.07 Å². The van der Waals surface area contributed by atoms with E-state index in [0.29, 0.717) is 30.4 Å². The molecule has 0 bridgehead atoms. The van der Waals surface area contributed by atoms with Crippen molar-refractivity contribution >= 4 is 55.0 Å². The second-order valence-corrected chi connectivity index (χ2v) is 21.0. The van der Waals surface area contributed by atoms with Crippen LogP contribution in [-0.2, 0) is 35.7 Å². The number of hydrogen-bond acceptors (Lipinski definition) is 10. The van der Waals surface area contributed by atoms with Crippen LogP contribution in [0.1, 0.15) is 96.7 Å². The minimum atomic E-state index is -0.131. The number of benzene rings is 8. The molecule has 0 unspecified atom stereocenters. The van der Waals surface area contributed by atoms with E-state index in [1.807, 2.05) is 143 Å². The van der Waals surface area contributed by atoms with Crippen molar-refractivity contribution in [1.82, 2.24) is 15.0 Å². The van der Waals surface area contributed by atoms with Gasteiger partial charge < -0.3 is 21.1 Å². The van der Waals surface area contributed by atoms with Crippen molar-refractivity contribution in [2.45, 2.75) is 94.3 Å². The molecule has 0 saturated carbocycles. The summed E-state index contributed by atoms with van der Waals surface area (Å²) in [4.78, 5) is 22.7. The average Bonchev–Trinajstić information content (AvgIpc) is 3.49. The van der Waals surface area contributed by atoms with E-state index in [1.165, 1.54) is 75.4 Å². The summed E-state index contributed by atoms with van der Waals surface area (Å²) in [5.41, 5.74) is 28.8. The summed E-state index contributed by atoms with van der Waals surface area (Å²) in [5.74, 6) is 0.810. The summed E-state index contributed by atoms with van der Waals surface area (Å²) in [6.45, 7) is 17.1. The van der Waals surface area contributed by atoms with Crippen LogP contribution in [-0.4, -0.2) is 26.6 Å². The topological polar surface area (TPSA) is 158 Å². The van der Waals surface area contributed by atoms with Gasteiger partial charge >= 0.3 is 0 Å². The van der Waals surface area contributed by atoms with E-state index < -0.39 is 0 Å². The molecule has 0 atom stereocenters. The maximum Gasteiger partial charge on any atom is 0.170 e. The number of amidine groups is 2. The first-order valence-electron chi connectivity index (χ1n) is 27.9. The molecule has 0 spiro atoms. The molecule has 14 rings (SSSR count). The van der Waals surface area contributed by atoms with E-state index >= 15 is 0 Å². The van der Waals surface area contributed by atoms with Gasteiger partial charge in [0.25, 0.3) is 0 Å². The Morgan fingerprint density at radius 3 is 1.61 bits per heavy atom. The van der Waals surface area contributed by atoms with Gasteiger partial charge in [-0.2, -0.15) is 5.26 Å². The Kier molecular flexibility index (Phi) is 20.4. The lowest BCUT2D eigenvalue weighted by Crippen LogP contribution is -2.20. The summed E-state index contributed by atoms with van der Waals surface area (Å²) in [6.07, 6.45) is 6.86. The van der Waals surface area contributed by atoms with Crippen molar-refractivity contribution in [2.24, 2.45) is 21.8 Å². The van der Waals surface area contributed by atoms with Gasteiger partial charge in [-0.3, -0.25) is 4.98 Å². The van der Waals surface area contributed by atoms with Crippen molar-refractivity contribution in [3.63, 3.8) is 0 Å². The van der Waals surface area contributed by atoms with Gasteiger partial charge in [0.15, 0.2) is 17.3 Å². The standard InChI is InChI=1S/C12H9N.C12H12.C11H9F.C10H13N.2C9H10N2O.C9H8N2/c1-9-6-10-4-2-3-5-11(10)7-12(9)8-13;1-9-3-5-12-8-10(2)4-6-11(12)7-9;1-8-6-9-4-2-3-5-10(9)7-11(8)12;1-8-6-7-9-4-2-3-5-10(9)11-8;1-6-2-3-8-7(4-6)5-12-11-9(8)10;1-6-2-3-7-5-12-11-9(10)8(7)4-6;1-7-4-5-8-3-2-6-10-9(8)11-7/h2-7H,1H3;3-8H,1-2H3;2-7H,1H3;6-7H,2-5H2,1H3;2*2-4H,5H2,1H3,(H2,10,11);2-6H,1H3. The highest BCUT2D eigenvalue weighted by molar-refractivity contribution is 5.99. The van der Waals surface area contributed by atoms with Crippen molar-refractivity contribution < 1.29 is 14.1 Å². The fourth-order valence-corrected chi connectivity index (χ4v) is 9.61. The van der Waals surface area contributed by atoms with Crippen LogP contribution < -0.4 is 11.5 Å². The highest BCUT2D eigenvalue weighted by Gasteiger charge is 2.14. The van der Waals surface area contributed by atoms with Crippen LogP contribution in [0, 0.1) is 72.5 Å². The minimum absolute atomic E-state index is 0.131. The van der Waals surface area contributed by atoms with Crippen LogP contribution >= 0.6 is 0 Å². The number of nitriles is 1. The number of aromatic nitrogens is 3. The van der Waals surface area contributed by atoms with E-state index in [2.05, 4.69) is 113 Å². The molecule has 11 heteroatoms. The molecular weight excluding hydrogens is 1030 g/mol. The van der Waals surface area contributed by atoms with E-state index in [-0.39, 0.29) is 5.82 Å². The molecule has 5 heterocycles. The SMILES string of the molecule is Cc1cc2ccccc2cc1C#N.Cc1cc2ccccc2cc1F.Cc1ccc2c(c1)C(N)=NOC2.Cc1ccc2c(c1)CON=C2N.Cc1ccc2c(n1)CCCC2.Cc1ccc2cc(C)ccc2c1.Cc1ccc2cccnc2n1. The number of hydrogen-bond donors (Lipinski definition) is 2. The molecule has 0 saturated heterocycles. The Balaban J connectivity index is 0.000000127. The van der Waals surface area contributed by atoms with Gasteiger partial charge in [-0.1, -0.05) is 160 Å². The zero-order valence-electron chi connectivity index (χ0n) is 48.7. The molecule has 3 aromatic heterocycles. The normalized spacial score (nSPS) is 12.3. The van der Waals surface area contributed by atoms with E-state index in [1.54, 1.807) is 19.2 Å². The Hall–Kier alpha value is -9.79. The fourth-order valence-electron chi connectivity index (χ4n) is 9.61. The molecule has 4 N–H and O–H groups in total. The monoisotopic (exact) mass is 1100 g/mol. The van der Waals surface area contributed by atoms with Crippen LogP contribution in [0.3, 0.4) is 0 Å². The number of nitrogens with two attached hydrogens (primary N) is 2. The Labute approximate surface area is 487 Å². The molecule has 0 fully saturated rings. The lowest BCUT2D eigenvalue weighted by atomic mass is 9.96. The lowest BCUT2D eigenvalue weighted by molar-refractivity contribution is 0.125. The largest absolute Gasteiger partial charge is 0.389 e. The maximum absolute atomic E-state index is 13.0. The summed E-state index contributed by atoms with van der Waals surface area (Å²) in [5, 5.41) is 24.4. The van der Waals surface area contributed by atoms with Gasteiger partial charge in [0.1, 0.15) is 19.0 Å². The molecule has 418 valence electrons. The predicted octanol–water partition coefficient (Wildman–Crippen LogP) is 16.3. The van der Waals surface area contributed by atoms with E-state index in [4.69, 9.17) is 26.4 Å². The Morgan fingerprint density at radius 1 is 0.446 bits per heavy atom. The first-order chi connectivity index (χ1) is 40.1. The fraction of sp³-hybridized carbons (Fsp3) is 0.194. The summed E-state index contributed by atoms with van der Waals surface area (Å²) >= 11 is 0. The molecule has 11 aromatic rings. The Bertz CT molecular complexity index is 4080. The maximum atomic E-state index is 13.0. The van der Waals surface area contributed by atoms with Crippen LogP contribution in [0.15, 0.2) is 198 Å². The van der Waals surface area contributed by atoms with Gasteiger partial charge in [0.2, 0.25) is 0 Å². The molecule has 1 aliphatic carbocycles. The third kappa shape index (κ3) is 16.7. The second kappa shape index (κ2) is 28.6. The molecule has 0 radical (unpaired) electrons. The molecular formula is C72H71FN8O2. The molecule has 0 amide bonds. The van der Waals surface area contributed by atoms with Crippen LogP contribution in [0.5, 0.6) is 0 Å². The van der Waals surface area contributed by atoms with Gasteiger partial charge in [-0.05, 0) is 185 Å². The molecule has 3 aliphatic rings. The van der Waals surface area contributed by atoms with E-state index in [0.717, 1.165) is 72.0 Å². The predicted molar refractivity (Wildman–Crippen MR) is 339 cm³/mol.